The van der Waals surface area contributed by atoms with Crippen LogP contribution >= 0.6 is 0 Å². The Balaban J connectivity index is 0.00000288. The van der Waals surface area contributed by atoms with Crippen LogP contribution in [0.4, 0.5) is 0 Å². The summed E-state index contributed by atoms with van der Waals surface area (Å²) in [5.41, 5.74) is 0.679. The van der Waals surface area contributed by atoms with Gasteiger partial charge in [-0.3, -0.25) is 14.1 Å². The van der Waals surface area contributed by atoms with Gasteiger partial charge in [-0.2, -0.15) is 12.7 Å². The van der Waals surface area contributed by atoms with E-state index in [0.29, 0.717) is 5.56 Å². The van der Waals surface area contributed by atoms with Gasteiger partial charge in [0.05, 0.1) is 13.5 Å². The summed E-state index contributed by atoms with van der Waals surface area (Å²) in [5, 5.41) is 2.28. The molecule has 1 aromatic rings. The van der Waals surface area contributed by atoms with Crippen molar-refractivity contribution < 1.29 is 32.1 Å². The monoisotopic (exact) mass is 366 g/mol. The number of hydrogen-bond acceptors (Lipinski definition) is 6. The predicted molar refractivity (Wildman–Crippen MR) is 83.4 cm³/mol. The van der Waals surface area contributed by atoms with Crippen molar-refractivity contribution in [1.29, 1.82) is 0 Å². The van der Waals surface area contributed by atoms with Crippen LogP contribution in [0.5, 0.6) is 0 Å². The van der Waals surface area contributed by atoms with E-state index in [0.717, 1.165) is 7.11 Å². The summed E-state index contributed by atoms with van der Waals surface area (Å²) in [6.45, 7) is 0. The number of nitrogens with one attached hydrogen (secondary N) is 1. The first kappa shape index (κ1) is 20.6. The van der Waals surface area contributed by atoms with Gasteiger partial charge in [-0.25, -0.2) is 4.79 Å². The van der Waals surface area contributed by atoms with Gasteiger partial charge in [0.15, 0.2) is 6.04 Å². The molecule has 2 N–H and O–H groups in total. The van der Waals surface area contributed by atoms with Crippen LogP contribution in [0.25, 0.3) is 0 Å². The number of rotatable bonds is 5. The molecule has 1 aliphatic rings. The minimum atomic E-state index is -4.92. The number of hydrogen-bond donors (Lipinski definition) is 2. The molecule has 0 aliphatic carbocycles. The van der Waals surface area contributed by atoms with Crippen LogP contribution < -0.4 is 5.32 Å². The van der Waals surface area contributed by atoms with Crippen molar-refractivity contribution in [2.75, 3.05) is 7.11 Å². The van der Waals surface area contributed by atoms with Gasteiger partial charge >= 0.3 is 45.8 Å². The number of amides is 2. The van der Waals surface area contributed by atoms with Crippen LogP contribution in [0.2, 0.25) is 0 Å². The minimum absolute atomic E-state index is 0. The quantitative estimate of drug-likeness (QED) is 0.274. The number of esters is 1. The number of methoxy groups -OCH3 is 1. The molecule has 1 saturated heterocycles. The number of carbonyl (C=O) groups is 3. The topological polar surface area (TPSA) is 130 Å². The predicted octanol–water partition coefficient (Wildman–Crippen LogP) is -1.75. The SMILES string of the molecule is COC(=O)C1C(NC(=O)Cc2ccccc2)C(=O)N1S(=O)(=O)O.[NaH]. The summed E-state index contributed by atoms with van der Waals surface area (Å²) in [5.74, 6) is -2.74. The van der Waals surface area contributed by atoms with Crippen molar-refractivity contribution in [3.63, 3.8) is 0 Å². The zero-order chi connectivity index (χ0) is 17.2. The summed E-state index contributed by atoms with van der Waals surface area (Å²) in [4.78, 5) is 35.3. The van der Waals surface area contributed by atoms with Gasteiger partial charge in [0, 0.05) is 0 Å². The third-order valence-corrected chi connectivity index (χ3v) is 4.17. The molecule has 2 rings (SSSR count). The number of carbonyl (C=O) groups excluding carboxylic acids is 3. The van der Waals surface area contributed by atoms with E-state index in [4.69, 9.17) is 4.55 Å². The molecule has 11 heteroatoms. The van der Waals surface area contributed by atoms with Crippen molar-refractivity contribution in [3.05, 3.63) is 35.9 Å². The molecule has 1 heterocycles. The molecule has 1 fully saturated rings. The summed E-state index contributed by atoms with van der Waals surface area (Å²) in [7, 11) is -3.92. The van der Waals surface area contributed by atoms with Crippen molar-refractivity contribution in [1.82, 2.24) is 9.62 Å². The zero-order valence-corrected chi connectivity index (χ0v) is 12.8. The average molecular weight is 366 g/mol. The first-order valence-electron chi connectivity index (χ1n) is 6.47. The van der Waals surface area contributed by atoms with E-state index in [1.54, 1.807) is 30.3 Å². The van der Waals surface area contributed by atoms with E-state index in [1.165, 1.54) is 0 Å². The van der Waals surface area contributed by atoms with Crippen LogP contribution in [-0.2, 0) is 35.8 Å². The van der Waals surface area contributed by atoms with Gasteiger partial charge in [-0.15, -0.1) is 0 Å². The van der Waals surface area contributed by atoms with Crippen molar-refractivity contribution >= 4 is 57.6 Å². The Morgan fingerprint density at radius 3 is 2.38 bits per heavy atom. The first-order valence-corrected chi connectivity index (χ1v) is 7.87. The van der Waals surface area contributed by atoms with Gasteiger partial charge < -0.3 is 10.1 Å². The van der Waals surface area contributed by atoms with Gasteiger partial charge in [0.1, 0.15) is 6.04 Å². The van der Waals surface area contributed by atoms with E-state index in [9.17, 15) is 22.8 Å². The van der Waals surface area contributed by atoms with Crippen LogP contribution in [0, 0.1) is 0 Å². The Morgan fingerprint density at radius 1 is 1.29 bits per heavy atom. The molecule has 9 nitrogen and oxygen atoms in total. The van der Waals surface area contributed by atoms with E-state index < -0.39 is 40.2 Å². The molecule has 0 aromatic heterocycles. The average Bonchev–Trinajstić information content (AvgIpc) is 2.48. The molecule has 1 aliphatic heterocycles. The van der Waals surface area contributed by atoms with Crippen molar-refractivity contribution in [2.24, 2.45) is 0 Å². The van der Waals surface area contributed by atoms with Crippen molar-refractivity contribution in [2.45, 2.75) is 18.5 Å². The summed E-state index contributed by atoms with van der Waals surface area (Å²) < 4.78 is 35.6. The molecular formula is C13H15N2NaO7S. The summed E-state index contributed by atoms with van der Waals surface area (Å²) in [6, 6.07) is 5.61. The molecule has 2 unspecified atom stereocenters. The first-order chi connectivity index (χ1) is 10.8. The Morgan fingerprint density at radius 2 is 1.88 bits per heavy atom. The molecule has 24 heavy (non-hydrogen) atoms. The number of ether oxygens (including phenoxy) is 1. The van der Waals surface area contributed by atoms with Crippen LogP contribution in [0.15, 0.2) is 30.3 Å². The van der Waals surface area contributed by atoms with E-state index >= 15 is 0 Å². The second-order valence-corrected chi connectivity index (χ2v) is 6.08. The van der Waals surface area contributed by atoms with Crippen LogP contribution in [0.3, 0.4) is 0 Å². The van der Waals surface area contributed by atoms with Crippen LogP contribution in [0.1, 0.15) is 5.56 Å². The normalized spacial score (nSPS) is 19.8. The molecule has 0 bridgehead atoms. The van der Waals surface area contributed by atoms with Gasteiger partial charge in [0.2, 0.25) is 5.91 Å². The summed E-state index contributed by atoms with van der Waals surface area (Å²) >= 11 is 0. The molecule has 0 radical (unpaired) electrons. The Labute approximate surface area is 160 Å². The maximum atomic E-state index is 11.9. The molecule has 2 amide bonds. The maximum absolute atomic E-state index is 11.9. The molecule has 0 spiro atoms. The fourth-order valence-corrected chi connectivity index (χ4v) is 3.05. The number of nitrogens with zero attached hydrogens (tertiary/aromatic N) is 1. The fraction of sp³-hybridized carbons (Fsp3) is 0.308. The molecule has 126 valence electrons. The Bertz CT molecular complexity index is 738. The summed E-state index contributed by atoms with van der Waals surface area (Å²) in [6.07, 6.45) is -0.0512. The van der Waals surface area contributed by atoms with E-state index in [-0.39, 0.29) is 40.3 Å². The third-order valence-electron chi connectivity index (χ3n) is 3.27. The third kappa shape index (κ3) is 4.33. The van der Waals surface area contributed by atoms with E-state index in [2.05, 4.69) is 10.1 Å². The van der Waals surface area contributed by atoms with E-state index in [1.807, 2.05) is 0 Å². The van der Waals surface area contributed by atoms with Gasteiger partial charge in [-0.05, 0) is 5.56 Å². The number of β-lactam (4-membered cyclic amide) rings is 1. The number of benzene rings is 1. The Kier molecular flexibility index (Phi) is 6.93. The molecule has 2 atom stereocenters. The van der Waals surface area contributed by atoms with Crippen LogP contribution in [-0.4, -0.2) is 83.8 Å². The standard InChI is InChI=1S/C13H14N2O7S.Na.H/c1-22-13(18)11-10(12(17)15(11)23(19,20)21)14-9(16)7-8-5-3-2-4-6-8;;/h2-6,10-11H,7H2,1H3,(H,14,16)(H,19,20,21);;. The molecular weight excluding hydrogens is 351 g/mol. The van der Waals surface area contributed by atoms with Gasteiger partial charge in [-0.1, -0.05) is 30.3 Å². The molecule has 0 saturated carbocycles. The zero-order valence-electron chi connectivity index (χ0n) is 12.0. The fourth-order valence-electron chi connectivity index (χ4n) is 2.22. The second-order valence-electron chi connectivity index (χ2n) is 4.79. The molecule has 1 aromatic carbocycles. The van der Waals surface area contributed by atoms with Gasteiger partial charge in [0.25, 0.3) is 5.91 Å². The van der Waals surface area contributed by atoms with Crippen molar-refractivity contribution in [3.8, 4) is 0 Å². The second kappa shape index (κ2) is 8.08. The Hall–Kier alpha value is -1.46.